The summed E-state index contributed by atoms with van der Waals surface area (Å²) in [6.07, 6.45) is 0.939. The molecule has 3 nitrogen and oxygen atoms in total. The van der Waals surface area contributed by atoms with Crippen LogP contribution in [0.4, 0.5) is 0 Å². The lowest BCUT2D eigenvalue weighted by atomic mass is 9.91. The minimum Gasteiger partial charge on any atom is -0.355 e. The van der Waals surface area contributed by atoms with E-state index >= 15 is 0 Å². The van der Waals surface area contributed by atoms with Gasteiger partial charge in [-0.25, -0.2) is 0 Å². The van der Waals surface area contributed by atoms with E-state index in [2.05, 4.69) is 59.2 Å². The highest BCUT2D eigenvalue weighted by Crippen LogP contribution is 2.20. The Balaban J connectivity index is 0.00000192. The van der Waals surface area contributed by atoms with E-state index in [0.29, 0.717) is 12.5 Å². The Hall–Kier alpha value is -1.84. The summed E-state index contributed by atoms with van der Waals surface area (Å²) in [6, 6.07) is 20.9. The Morgan fingerprint density at radius 2 is 1.65 bits per heavy atom. The molecule has 4 heteroatoms. The lowest BCUT2D eigenvalue weighted by molar-refractivity contribution is -0.126. The minimum atomic E-state index is 0. The number of rotatable bonds is 6. The lowest BCUT2D eigenvalue weighted by Gasteiger charge is -2.27. The van der Waals surface area contributed by atoms with E-state index in [1.807, 2.05) is 12.1 Å². The van der Waals surface area contributed by atoms with E-state index in [9.17, 15) is 4.79 Å². The number of benzene rings is 2. The topological polar surface area (TPSA) is 41.1 Å². The number of hydrogen-bond donors (Lipinski definition) is 2. The fourth-order valence-electron chi connectivity index (χ4n) is 2.77. The number of nitrogens with one attached hydrogen (secondary N) is 2. The third-order valence-electron chi connectivity index (χ3n) is 4.27. The zero-order valence-corrected chi connectivity index (χ0v) is 13.9. The molecular formula is C19H23ClN2O. The smallest absolute Gasteiger partial charge is 0.225 e. The molecule has 0 spiro atoms. The normalized spacial score (nSPS) is 15.1. The third kappa shape index (κ3) is 4.81. The van der Waals surface area contributed by atoms with Crippen LogP contribution in [-0.2, 0) is 11.2 Å². The van der Waals surface area contributed by atoms with Crippen LogP contribution < -0.4 is 10.6 Å². The molecule has 0 aromatic heterocycles. The fraction of sp³-hybridized carbons (Fsp3) is 0.316. The van der Waals surface area contributed by atoms with E-state index in [0.717, 1.165) is 19.5 Å². The molecule has 2 N–H and O–H groups in total. The van der Waals surface area contributed by atoms with Gasteiger partial charge in [0.25, 0.3) is 0 Å². The van der Waals surface area contributed by atoms with E-state index in [-0.39, 0.29) is 24.2 Å². The number of halogens is 1. The summed E-state index contributed by atoms with van der Waals surface area (Å²) in [5.74, 6) is 0.626. The van der Waals surface area contributed by atoms with Gasteiger partial charge in [0.15, 0.2) is 0 Å². The first-order valence-electron chi connectivity index (χ1n) is 7.90. The first-order valence-corrected chi connectivity index (χ1v) is 7.90. The molecule has 1 amide bonds. The largest absolute Gasteiger partial charge is 0.355 e. The second-order valence-electron chi connectivity index (χ2n) is 5.90. The average Bonchev–Trinajstić information content (AvgIpc) is 2.51. The summed E-state index contributed by atoms with van der Waals surface area (Å²) in [7, 11) is 0. The molecule has 1 aliphatic heterocycles. The summed E-state index contributed by atoms with van der Waals surface area (Å²) >= 11 is 0. The Morgan fingerprint density at radius 1 is 1.04 bits per heavy atom. The van der Waals surface area contributed by atoms with Crippen LogP contribution in [0.3, 0.4) is 0 Å². The summed E-state index contributed by atoms with van der Waals surface area (Å²) < 4.78 is 0. The van der Waals surface area contributed by atoms with Crippen molar-refractivity contribution < 1.29 is 4.79 Å². The summed E-state index contributed by atoms with van der Waals surface area (Å²) in [6.45, 7) is 2.30. The van der Waals surface area contributed by atoms with Crippen molar-refractivity contribution in [1.29, 1.82) is 0 Å². The zero-order valence-electron chi connectivity index (χ0n) is 13.1. The molecule has 1 unspecified atom stereocenters. The van der Waals surface area contributed by atoms with Gasteiger partial charge in [0.05, 0.1) is 5.92 Å². The molecule has 1 heterocycles. The lowest BCUT2D eigenvalue weighted by Crippen LogP contribution is -2.51. The quantitative estimate of drug-likeness (QED) is 0.855. The molecule has 1 atom stereocenters. The number of amides is 1. The first kappa shape index (κ1) is 17.5. The van der Waals surface area contributed by atoms with Crippen LogP contribution >= 0.6 is 12.4 Å². The van der Waals surface area contributed by atoms with Gasteiger partial charge >= 0.3 is 0 Å². The van der Waals surface area contributed by atoms with Gasteiger partial charge in [-0.05, 0) is 17.5 Å². The number of hydrogen-bond acceptors (Lipinski definition) is 2. The number of carbonyl (C=O) groups is 1. The molecule has 0 saturated carbocycles. The molecule has 0 radical (unpaired) electrons. The van der Waals surface area contributed by atoms with E-state index in [1.165, 1.54) is 11.1 Å². The Labute approximate surface area is 143 Å². The number of carbonyl (C=O) groups excluding carboxylic acids is 1. The van der Waals surface area contributed by atoms with Crippen molar-refractivity contribution in [2.45, 2.75) is 12.3 Å². The van der Waals surface area contributed by atoms with Crippen LogP contribution in [-0.4, -0.2) is 25.5 Å². The molecule has 0 aliphatic carbocycles. The standard InChI is InChI=1S/C19H22N2O.ClH/c22-19(18-12-20-13-18)21-14-17(16-9-5-2-6-10-16)11-15-7-3-1-4-8-15;/h1-10,17-18,20H,11-14H2,(H,21,22);1H. The Kier molecular flexibility index (Phi) is 6.63. The fourth-order valence-corrected chi connectivity index (χ4v) is 2.77. The van der Waals surface area contributed by atoms with Crippen molar-refractivity contribution >= 4 is 18.3 Å². The maximum atomic E-state index is 12.1. The minimum absolute atomic E-state index is 0. The SMILES string of the molecule is Cl.O=C(NCC(Cc1ccccc1)c1ccccc1)C1CNC1. The van der Waals surface area contributed by atoms with Gasteiger partial charge in [-0.3, -0.25) is 4.79 Å². The highest BCUT2D eigenvalue weighted by Gasteiger charge is 2.25. The zero-order chi connectivity index (χ0) is 15.2. The van der Waals surface area contributed by atoms with Crippen molar-refractivity contribution in [3.63, 3.8) is 0 Å². The maximum absolute atomic E-state index is 12.1. The highest BCUT2D eigenvalue weighted by molar-refractivity contribution is 5.85. The van der Waals surface area contributed by atoms with Crippen molar-refractivity contribution in [1.82, 2.24) is 10.6 Å². The average molecular weight is 331 g/mol. The van der Waals surface area contributed by atoms with Crippen molar-refractivity contribution in [3.8, 4) is 0 Å². The second kappa shape index (κ2) is 8.70. The summed E-state index contributed by atoms with van der Waals surface area (Å²) in [5, 5.41) is 6.26. The molecule has 1 saturated heterocycles. The highest BCUT2D eigenvalue weighted by atomic mass is 35.5. The molecule has 2 aromatic rings. The van der Waals surface area contributed by atoms with Crippen LogP contribution in [0.1, 0.15) is 17.0 Å². The van der Waals surface area contributed by atoms with Crippen LogP contribution in [0.2, 0.25) is 0 Å². The molecule has 2 aromatic carbocycles. The van der Waals surface area contributed by atoms with Crippen molar-refractivity contribution in [2.75, 3.05) is 19.6 Å². The molecule has 3 rings (SSSR count). The van der Waals surface area contributed by atoms with Crippen LogP contribution in [0.5, 0.6) is 0 Å². The van der Waals surface area contributed by atoms with E-state index in [1.54, 1.807) is 0 Å². The first-order chi connectivity index (χ1) is 10.8. The molecule has 23 heavy (non-hydrogen) atoms. The molecule has 122 valence electrons. The Morgan fingerprint density at radius 3 is 2.22 bits per heavy atom. The van der Waals surface area contributed by atoms with Gasteiger partial charge in [-0.15, -0.1) is 12.4 Å². The van der Waals surface area contributed by atoms with E-state index < -0.39 is 0 Å². The summed E-state index contributed by atoms with van der Waals surface area (Å²) in [5.41, 5.74) is 2.58. The van der Waals surface area contributed by atoms with Gasteiger partial charge in [0.2, 0.25) is 5.91 Å². The monoisotopic (exact) mass is 330 g/mol. The van der Waals surface area contributed by atoms with Gasteiger partial charge in [0, 0.05) is 25.6 Å². The van der Waals surface area contributed by atoms with Crippen LogP contribution in [0.25, 0.3) is 0 Å². The maximum Gasteiger partial charge on any atom is 0.225 e. The third-order valence-corrected chi connectivity index (χ3v) is 4.27. The molecule has 0 bridgehead atoms. The molecular weight excluding hydrogens is 308 g/mol. The molecule has 1 aliphatic rings. The van der Waals surface area contributed by atoms with Crippen molar-refractivity contribution in [2.24, 2.45) is 5.92 Å². The summed E-state index contributed by atoms with van der Waals surface area (Å²) in [4.78, 5) is 12.1. The van der Waals surface area contributed by atoms with Gasteiger partial charge < -0.3 is 10.6 Å². The second-order valence-corrected chi connectivity index (χ2v) is 5.90. The van der Waals surface area contributed by atoms with E-state index in [4.69, 9.17) is 0 Å². The van der Waals surface area contributed by atoms with Gasteiger partial charge in [-0.2, -0.15) is 0 Å². The molecule has 1 fully saturated rings. The van der Waals surface area contributed by atoms with Crippen LogP contribution in [0.15, 0.2) is 60.7 Å². The predicted octanol–water partition coefficient (Wildman–Crippen LogP) is 2.77. The van der Waals surface area contributed by atoms with Gasteiger partial charge in [0.1, 0.15) is 0 Å². The predicted molar refractivity (Wildman–Crippen MR) is 95.9 cm³/mol. The van der Waals surface area contributed by atoms with Gasteiger partial charge in [-0.1, -0.05) is 60.7 Å². The van der Waals surface area contributed by atoms with Crippen LogP contribution in [0, 0.1) is 5.92 Å². The Bertz CT molecular complexity index is 599. The van der Waals surface area contributed by atoms with Crippen molar-refractivity contribution in [3.05, 3.63) is 71.8 Å².